The van der Waals surface area contributed by atoms with E-state index in [1.165, 1.54) is 38.5 Å². The van der Waals surface area contributed by atoms with Crippen molar-refractivity contribution in [2.24, 2.45) is 5.92 Å². The molecule has 30 heavy (non-hydrogen) atoms. The standard InChI is InChI=1S/C24H33ClN4O/c1-17-11-12-20(25)15-21(17)23-26-22(24(30)27-28-13-7-4-8-14-28)18(2)29(23)16-19-9-5-3-6-10-19/h11-12,15,19H,3-10,13-14,16H2,1-2H3,(H,27,30). The van der Waals surface area contributed by atoms with Gasteiger partial charge >= 0.3 is 0 Å². The highest BCUT2D eigenvalue weighted by atomic mass is 35.5. The molecule has 1 saturated carbocycles. The number of rotatable bonds is 5. The van der Waals surface area contributed by atoms with Crippen molar-refractivity contribution in [2.45, 2.75) is 71.8 Å². The Bertz CT molecular complexity index is 895. The van der Waals surface area contributed by atoms with Gasteiger partial charge in [-0.2, -0.15) is 0 Å². The number of nitrogens with one attached hydrogen (secondary N) is 1. The monoisotopic (exact) mass is 428 g/mol. The topological polar surface area (TPSA) is 50.2 Å². The van der Waals surface area contributed by atoms with Gasteiger partial charge in [-0.3, -0.25) is 10.2 Å². The zero-order valence-electron chi connectivity index (χ0n) is 18.2. The fourth-order valence-corrected chi connectivity index (χ4v) is 5.02. The van der Waals surface area contributed by atoms with Gasteiger partial charge in [-0.15, -0.1) is 0 Å². The summed E-state index contributed by atoms with van der Waals surface area (Å²) in [6.45, 7) is 6.84. The highest BCUT2D eigenvalue weighted by Crippen LogP contribution is 2.32. The number of hydrazine groups is 1. The highest BCUT2D eigenvalue weighted by molar-refractivity contribution is 6.30. The van der Waals surface area contributed by atoms with E-state index in [1.54, 1.807) is 0 Å². The molecule has 0 atom stereocenters. The van der Waals surface area contributed by atoms with Gasteiger partial charge in [0.1, 0.15) is 5.82 Å². The SMILES string of the molecule is Cc1ccc(Cl)cc1-c1nc(C(=O)NN2CCCCC2)c(C)n1CC1CCCCC1. The number of aryl methyl sites for hydroxylation is 1. The van der Waals surface area contributed by atoms with E-state index in [-0.39, 0.29) is 5.91 Å². The third-order valence-corrected chi connectivity index (χ3v) is 6.89. The number of imidazole rings is 1. The lowest BCUT2D eigenvalue weighted by Crippen LogP contribution is -2.45. The van der Waals surface area contributed by atoms with Crippen LogP contribution in [0.25, 0.3) is 11.4 Å². The van der Waals surface area contributed by atoms with Crippen molar-refractivity contribution in [3.8, 4) is 11.4 Å². The number of piperidine rings is 1. The van der Waals surface area contributed by atoms with Crippen LogP contribution < -0.4 is 5.43 Å². The Balaban J connectivity index is 1.68. The molecule has 1 N–H and O–H groups in total. The average molecular weight is 429 g/mol. The van der Waals surface area contributed by atoms with E-state index in [2.05, 4.69) is 16.9 Å². The van der Waals surface area contributed by atoms with Crippen LogP contribution in [-0.4, -0.2) is 33.6 Å². The third kappa shape index (κ3) is 4.73. The number of benzene rings is 1. The first-order valence-corrected chi connectivity index (χ1v) is 11.8. The summed E-state index contributed by atoms with van der Waals surface area (Å²) in [5.41, 5.74) is 6.71. The first-order valence-electron chi connectivity index (χ1n) is 11.4. The van der Waals surface area contributed by atoms with Gasteiger partial charge in [0.2, 0.25) is 0 Å². The van der Waals surface area contributed by atoms with Crippen LogP contribution in [0, 0.1) is 19.8 Å². The molecule has 1 aliphatic heterocycles. The lowest BCUT2D eigenvalue weighted by atomic mass is 9.89. The second-order valence-electron chi connectivity index (χ2n) is 8.93. The molecule has 0 bridgehead atoms. The van der Waals surface area contributed by atoms with Gasteiger partial charge in [0.15, 0.2) is 5.69 Å². The van der Waals surface area contributed by atoms with E-state index in [0.717, 1.165) is 55.1 Å². The largest absolute Gasteiger partial charge is 0.327 e. The molecule has 1 aromatic heterocycles. The van der Waals surface area contributed by atoms with Crippen LogP contribution in [-0.2, 0) is 6.54 Å². The molecule has 2 fully saturated rings. The number of aromatic nitrogens is 2. The molecule has 6 heteroatoms. The maximum atomic E-state index is 13.1. The molecule has 1 aromatic carbocycles. The molecule has 2 aliphatic rings. The van der Waals surface area contributed by atoms with E-state index < -0.39 is 0 Å². The quantitative estimate of drug-likeness (QED) is 0.680. The van der Waals surface area contributed by atoms with Gasteiger partial charge in [0.25, 0.3) is 5.91 Å². The lowest BCUT2D eigenvalue weighted by molar-refractivity contribution is 0.0744. The van der Waals surface area contributed by atoms with Gasteiger partial charge in [-0.25, -0.2) is 9.99 Å². The fourth-order valence-electron chi connectivity index (χ4n) is 4.84. The molecule has 1 saturated heterocycles. The normalized spacial score (nSPS) is 18.5. The second-order valence-corrected chi connectivity index (χ2v) is 9.37. The molecule has 0 radical (unpaired) electrons. The Morgan fingerprint density at radius 1 is 1.10 bits per heavy atom. The molecule has 1 aliphatic carbocycles. The molecule has 0 unspecified atom stereocenters. The number of carbonyl (C=O) groups excluding carboxylic acids is 1. The van der Waals surface area contributed by atoms with E-state index >= 15 is 0 Å². The lowest BCUT2D eigenvalue weighted by Gasteiger charge is -2.26. The van der Waals surface area contributed by atoms with Crippen molar-refractivity contribution in [1.29, 1.82) is 0 Å². The summed E-state index contributed by atoms with van der Waals surface area (Å²) in [4.78, 5) is 18.0. The second kappa shape index (κ2) is 9.52. The molecule has 4 rings (SSSR count). The molecular weight excluding hydrogens is 396 g/mol. The third-order valence-electron chi connectivity index (χ3n) is 6.66. The highest BCUT2D eigenvalue weighted by Gasteiger charge is 2.25. The molecule has 0 spiro atoms. The Morgan fingerprint density at radius 3 is 2.53 bits per heavy atom. The van der Waals surface area contributed by atoms with Gasteiger partial charge in [-0.05, 0) is 63.1 Å². The summed E-state index contributed by atoms with van der Waals surface area (Å²) in [7, 11) is 0. The molecule has 5 nitrogen and oxygen atoms in total. The van der Waals surface area contributed by atoms with Gasteiger partial charge in [-0.1, -0.05) is 43.4 Å². The molecule has 162 valence electrons. The predicted octanol–water partition coefficient (Wildman–Crippen LogP) is 5.53. The first-order chi connectivity index (χ1) is 14.5. The predicted molar refractivity (Wildman–Crippen MR) is 122 cm³/mol. The number of nitrogens with zero attached hydrogens (tertiary/aromatic N) is 3. The number of hydrogen-bond donors (Lipinski definition) is 1. The van der Waals surface area contributed by atoms with Crippen LogP contribution in [0.5, 0.6) is 0 Å². The fraction of sp³-hybridized carbons (Fsp3) is 0.583. The maximum Gasteiger partial charge on any atom is 0.286 e. The Labute approximate surface area is 184 Å². The van der Waals surface area contributed by atoms with Crippen molar-refractivity contribution >= 4 is 17.5 Å². The number of halogens is 1. The van der Waals surface area contributed by atoms with Gasteiger partial charge in [0, 0.05) is 35.9 Å². The minimum atomic E-state index is -0.0993. The molecule has 1 amide bonds. The van der Waals surface area contributed by atoms with Crippen LogP contribution in [0.1, 0.15) is 73.1 Å². The molecule has 2 aromatic rings. The summed E-state index contributed by atoms with van der Waals surface area (Å²) in [5, 5.41) is 2.73. The van der Waals surface area contributed by atoms with Crippen LogP contribution >= 0.6 is 11.6 Å². The van der Waals surface area contributed by atoms with Crippen LogP contribution in [0.2, 0.25) is 5.02 Å². The summed E-state index contributed by atoms with van der Waals surface area (Å²) in [6, 6.07) is 5.91. The van der Waals surface area contributed by atoms with E-state index in [1.807, 2.05) is 30.1 Å². The van der Waals surface area contributed by atoms with Crippen molar-refractivity contribution < 1.29 is 4.79 Å². The van der Waals surface area contributed by atoms with E-state index in [9.17, 15) is 4.79 Å². The summed E-state index contributed by atoms with van der Waals surface area (Å²) in [5.74, 6) is 1.41. The molecular formula is C24H33ClN4O. The van der Waals surface area contributed by atoms with Crippen LogP contribution in [0.4, 0.5) is 0 Å². The Kier molecular flexibility index (Phi) is 6.79. The zero-order chi connectivity index (χ0) is 21.1. The first kappa shape index (κ1) is 21.4. The van der Waals surface area contributed by atoms with Crippen molar-refractivity contribution in [3.05, 3.63) is 40.2 Å². The van der Waals surface area contributed by atoms with Crippen molar-refractivity contribution in [1.82, 2.24) is 20.0 Å². The van der Waals surface area contributed by atoms with E-state index in [4.69, 9.17) is 16.6 Å². The van der Waals surface area contributed by atoms with Crippen molar-refractivity contribution in [3.63, 3.8) is 0 Å². The van der Waals surface area contributed by atoms with Crippen LogP contribution in [0.3, 0.4) is 0 Å². The molecule has 2 heterocycles. The maximum absolute atomic E-state index is 13.1. The number of hydrogen-bond acceptors (Lipinski definition) is 3. The summed E-state index contributed by atoms with van der Waals surface area (Å²) < 4.78 is 2.26. The van der Waals surface area contributed by atoms with Crippen LogP contribution in [0.15, 0.2) is 18.2 Å². The minimum Gasteiger partial charge on any atom is -0.327 e. The number of amides is 1. The zero-order valence-corrected chi connectivity index (χ0v) is 19.0. The van der Waals surface area contributed by atoms with Gasteiger partial charge < -0.3 is 4.57 Å². The summed E-state index contributed by atoms with van der Waals surface area (Å²) >= 11 is 6.33. The minimum absolute atomic E-state index is 0.0993. The Morgan fingerprint density at radius 2 is 1.80 bits per heavy atom. The number of carbonyl (C=O) groups is 1. The smallest absolute Gasteiger partial charge is 0.286 e. The average Bonchev–Trinajstić information content (AvgIpc) is 3.07. The Hall–Kier alpha value is -1.85. The summed E-state index contributed by atoms with van der Waals surface area (Å²) in [6.07, 6.45) is 9.92. The van der Waals surface area contributed by atoms with Gasteiger partial charge in [0.05, 0.1) is 0 Å². The van der Waals surface area contributed by atoms with E-state index in [0.29, 0.717) is 16.6 Å². The van der Waals surface area contributed by atoms with Crippen molar-refractivity contribution in [2.75, 3.05) is 13.1 Å².